The molecular formula is C20H20N4O. The lowest BCUT2D eigenvalue weighted by Crippen LogP contribution is -2.22. The lowest BCUT2D eigenvalue weighted by Gasteiger charge is -2.07. The summed E-state index contributed by atoms with van der Waals surface area (Å²) in [6, 6.07) is 15.2. The molecule has 5 nitrogen and oxygen atoms in total. The van der Waals surface area contributed by atoms with Crippen molar-refractivity contribution in [3.63, 3.8) is 0 Å². The van der Waals surface area contributed by atoms with Gasteiger partial charge in [0.15, 0.2) is 5.96 Å². The van der Waals surface area contributed by atoms with Gasteiger partial charge in [-0.1, -0.05) is 37.4 Å². The topological polar surface area (TPSA) is 89.6 Å². The van der Waals surface area contributed by atoms with Gasteiger partial charge in [-0.05, 0) is 42.3 Å². The fraction of sp³-hybridized carbons (Fsp3) is 0.0500. The molecule has 0 unspecified atom stereocenters. The molecule has 126 valence electrons. The van der Waals surface area contributed by atoms with Crippen LogP contribution in [0, 0.1) is 6.92 Å². The molecule has 0 aliphatic rings. The van der Waals surface area contributed by atoms with Crippen LogP contribution in [0.3, 0.4) is 0 Å². The first kappa shape index (κ1) is 16.4. The maximum Gasteiger partial charge on any atom is 0.198 e. The SMILES string of the molecule is C=C(N)c1ccc(C(=C)N=C(N)Nc2ccc3oc(C)cc3c2)cc1. The third-order valence-corrected chi connectivity index (χ3v) is 3.76. The Kier molecular flexibility index (Phi) is 4.31. The summed E-state index contributed by atoms with van der Waals surface area (Å²) in [6.07, 6.45) is 0. The summed E-state index contributed by atoms with van der Waals surface area (Å²) >= 11 is 0. The van der Waals surface area contributed by atoms with Crippen molar-refractivity contribution in [2.75, 3.05) is 5.32 Å². The number of anilines is 1. The van der Waals surface area contributed by atoms with Gasteiger partial charge in [0.25, 0.3) is 0 Å². The van der Waals surface area contributed by atoms with E-state index in [1.807, 2.05) is 55.5 Å². The van der Waals surface area contributed by atoms with E-state index in [0.717, 1.165) is 33.5 Å². The molecule has 0 bridgehead atoms. The Hall–Kier alpha value is -3.47. The zero-order chi connectivity index (χ0) is 18.0. The van der Waals surface area contributed by atoms with Gasteiger partial charge in [-0.25, -0.2) is 4.99 Å². The van der Waals surface area contributed by atoms with Crippen LogP contribution in [0.4, 0.5) is 5.69 Å². The van der Waals surface area contributed by atoms with Crippen LogP contribution < -0.4 is 16.8 Å². The van der Waals surface area contributed by atoms with Crippen molar-refractivity contribution in [1.29, 1.82) is 0 Å². The maximum absolute atomic E-state index is 5.99. The first-order valence-corrected chi connectivity index (χ1v) is 7.78. The van der Waals surface area contributed by atoms with Gasteiger partial charge in [-0.3, -0.25) is 0 Å². The van der Waals surface area contributed by atoms with E-state index in [4.69, 9.17) is 15.9 Å². The average Bonchev–Trinajstić information content (AvgIpc) is 2.94. The van der Waals surface area contributed by atoms with Gasteiger partial charge in [-0.2, -0.15) is 0 Å². The number of aliphatic imine (C=N–C) groups is 1. The fourth-order valence-electron chi connectivity index (χ4n) is 2.52. The number of nitrogens with one attached hydrogen (secondary N) is 1. The van der Waals surface area contributed by atoms with Crippen LogP contribution in [-0.2, 0) is 0 Å². The predicted octanol–water partition coefficient (Wildman–Crippen LogP) is 4.07. The van der Waals surface area contributed by atoms with Gasteiger partial charge >= 0.3 is 0 Å². The summed E-state index contributed by atoms with van der Waals surface area (Å²) < 4.78 is 5.56. The molecule has 0 fully saturated rings. The summed E-state index contributed by atoms with van der Waals surface area (Å²) in [5.74, 6) is 1.13. The Morgan fingerprint density at radius 3 is 2.36 bits per heavy atom. The Bertz CT molecular complexity index is 981. The minimum Gasteiger partial charge on any atom is -0.461 e. The van der Waals surface area contributed by atoms with Crippen LogP contribution in [0.2, 0.25) is 0 Å². The largest absolute Gasteiger partial charge is 0.461 e. The number of guanidine groups is 1. The summed E-state index contributed by atoms with van der Waals surface area (Å²) in [5.41, 5.74) is 16.1. The molecule has 0 saturated heterocycles. The Labute approximate surface area is 146 Å². The molecule has 1 heterocycles. The van der Waals surface area contributed by atoms with Crippen LogP contribution in [-0.4, -0.2) is 5.96 Å². The number of rotatable bonds is 4. The highest BCUT2D eigenvalue weighted by Crippen LogP contribution is 2.23. The first-order valence-electron chi connectivity index (χ1n) is 7.78. The van der Waals surface area contributed by atoms with Crippen molar-refractivity contribution in [2.45, 2.75) is 6.92 Å². The molecule has 2 aromatic carbocycles. The monoisotopic (exact) mass is 332 g/mol. The second kappa shape index (κ2) is 6.57. The standard InChI is InChI=1S/C20H20N4O/c1-12-10-17-11-18(8-9-19(17)25-12)24-20(22)23-14(3)16-6-4-15(5-7-16)13(2)21/h4-11H,2-3,21H2,1H3,(H3,22,23,24). The van der Waals surface area contributed by atoms with E-state index in [0.29, 0.717) is 11.4 Å². The highest BCUT2D eigenvalue weighted by Gasteiger charge is 2.04. The van der Waals surface area contributed by atoms with Crippen LogP contribution in [0.15, 0.2) is 71.1 Å². The van der Waals surface area contributed by atoms with E-state index in [1.54, 1.807) is 0 Å². The summed E-state index contributed by atoms with van der Waals surface area (Å²) in [4.78, 5) is 4.31. The molecule has 0 saturated carbocycles. The van der Waals surface area contributed by atoms with Gasteiger partial charge < -0.3 is 21.2 Å². The Morgan fingerprint density at radius 2 is 1.68 bits per heavy atom. The number of nitrogens with zero attached hydrogens (tertiary/aromatic N) is 1. The average molecular weight is 332 g/mol. The van der Waals surface area contributed by atoms with Gasteiger partial charge in [-0.15, -0.1) is 0 Å². The molecule has 3 rings (SSSR count). The van der Waals surface area contributed by atoms with Crippen molar-refractivity contribution in [3.8, 4) is 0 Å². The Morgan fingerprint density at radius 1 is 1.00 bits per heavy atom. The summed E-state index contributed by atoms with van der Waals surface area (Å²) in [7, 11) is 0. The lowest BCUT2D eigenvalue weighted by atomic mass is 10.1. The van der Waals surface area contributed by atoms with Crippen molar-refractivity contribution in [3.05, 3.63) is 78.6 Å². The number of hydrogen-bond acceptors (Lipinski definition) is 3. The zero-order valence-electron chi connectivity index (χ0n) is 14.0. The molecule has 5 N–H and O–H groups in total. The molecule has 0 aliphatic carbocycles. The third kappa shape index (κ3) is 3.72. The quantitative estimate of drug-likeness (QED) is 0.496. The van der Waals surface area contributed by atoms with Crippen molar-refractivity contribution in [2.24, 2.45) is 16.5 Å². The van der Waals surface area contributed by atoms with E-state index in [2.05, 4.69) is 23.5 Å². The number of furan rings is 1. The zero-order valence-corrected chi connectivity index (χ0v) is 14.0. The number of benzene rings is 2. The molecule has 5 heteroatoms. The van der Waals surface area contributed by atoms with Crippen LogP contribution >= 0.6 is 0 Å². The molecular weight excluding hydrogens is 312 g/mol. The highest BCUT2D eigenvalue weighted by atomic mass is 16.3. The Balaban J connectivity index is 1.75. The first-order chi connectivity index (χ1) is 11.9. The molecule has 0 amide bonds. The number of nitrogens with two attached hydrogens (primary N) is 2. The van der Waals surface area contributed by atoms with E-state index in [9.17, 15) is 0 Å². The number of fused-ring (bicyclic) bond motifs is 1. The van der Waals surface area contributed by atoms with E-state index in [1.165, 1.54) is 0 Å². The minimum absolute atomic E-state index is 0.261. The second-order valence-electron chi connectivity index (χ2n) is 5.78. The van der Waals surface area contributed by atoms with Gasteiger partial charge in [0.2, 0.25) is 0 Å². The number of aryl methyl sites for hydroxylation is 1. The second-order valence-corrected chi connectivity index (χ2v) is 5.78. The van der Waals surface area contributed by atoms with Crippen LogP contribution in [0.5, 0.6) is 0 Å². The fourth-order valence-corrected chi connectivity index (χ4v) is 2.52. The van der Waals surface area contributed by atoms with E-state index < -0.39 is 0 Å². The van der Waals surface area contributed by atoms with Crippen LogP contribution in [0.1, 0.15) is 16.9 Å². The summed E-state index contributed by atoms with van der Waals surface area (Å²) in [5, 5.41) is 4.07. The third-order valence-electron chi connectivity index (χ3n) is 3.76. The molecule has 0 radical (unpaired) electrons. The van der Waals surface area contributed by atoms with E-state index in [-0.39, 0.29) is 5.96 Å². The summed E-state index contributed by atoms with van der Waals surface area (Å²) in [6.45, 7) is 9.58. The normalized spacial score (nSPS) is 11.5. The van der Waals surface area contributed by atoms with Gasteiger partial charge in [0.05, 0.1) is 5.70 Å². The molecule has 3 aromatic rings. The van der Waals surface area contributed by atoms with Crippen molar-refractivity contribution < 1.29 is 4.42 Å². The van der Waals surface area contributed by atoms with Gasteiger partial charge in [0, 0.05) is 16.8 Å². The van der Waals surface area contributed by atoms with Crippen LogP contribution in [0.25, 0.3) is 22.4 Å². The number of hydrogen-bond donors (Lipinski definition) is 3. The maximum atomic E-state index is 5.99. The van der Waals surface area contributed by atoms with Crippen molar-refractivity contribution >= 4 is 34.0 Å². The molecule has 0 spiro atoms. The smallest absolute Gasteiger partial charge is 0.198 e. The predicted molar refractivity (Wildman–Crippen MR) is 105 cm³/mol. The molecule has 0 atom stereocenters. The molecule has 0 aliphatic heterocycles. The highest BCUT2D eigenvalue weighted by molar-refractivity contribution is 5.97. The van der Waals surface area contributed by atoms with E-state index >= 15 is 0 Å². The lowest BCUT2D eigenvalue weighted by molar-refractivity contribution is 0.578. The molecule has 25 heavy (non-hydrogen) atoms. The molecule has 1 aromatic heterocycles. The minimum atomic E-state index is 0.261. The van der Waals surface area contributed by atoms with Crippen molar-refractivity contribution in [1.82, 2.24) is 0 Å². The van der Waals surface area contributed by atoms with Gasteiger partial charge in [0.1, 0.15) is 11.3 Å².